The minimum atomic E-state index is -0.731. The lowest BCUT2D eigenvalue weighted by atomic mass is 10.2. The van der Waals surface area contributed by atoms with Crippen molar-refractivity contribution < 1.29 is 13.3 Å². The van der Waals surface area contributed by atoms with Gasteiger partial charge in [0.15, 0.2) is 34.2 Å². The molecule has 0 saturated carbocycles. The fraction of sp³-hybridized carbons (Fsp3) is 0.100. The number of benzene rings is 3. The van der Waals surface area contributed by atoms with Crippen molar-refractivity contribution in [2.75, 3.05) is 23.0 Å². The predicted octanol–water partition coefficient (Wildman–Crippen LogP) is 9.05. The third-order valence-electron chi connectivity index (χ3n) is 12.1. The zero-order chi connectivity index (χ0) is 49.7. The molecule has 12 rings (SSSR count). The van der Waals surface area contributed by atoms with Crippen molar-refractivity contribution in [3.05, 3.63) is 177 Å². The Balaban J connectivity index is 0.914. The van der Waals surface area contributed by atoms with Crippen LogP contribution in [0.1, 0.15) is 16.8 Å². The van der Waals surface area contributed by atoms with Crippen LogP contribution < -0.4 is 38.6 Å². The van der Waals surface area contributed by atoms with E-state index in [0.29, 0.717) is 81.6 Å². The molecule has 22 heteroatoms. The Morgan fingerprint density at radius 2 is 1.08 bits per heavy atom. The Kier molecular flexibility index (Phi) is 10.5. The zero-order valence-electron chi connectivity index (χ0n) is 37.7. The molecule has 19 nitrogen and oxygen atoms in total. The van der Waals surface area contributed by atoms with Gasteiger partial charge in [0.1, 0.15) is 50.6 Å². The van der Waals surface area contributed by atoms with Gasteiger partial charge in [0.2, 0.25) is 0 Å². The first kappa shape index (κ1) is 44.4. The van der Waals surface area contributed by atoms with E-state index in [1.54, 1.807) is 111 Å². The molecular weight excluding hydrogens is 987 g/mol. The number of aryl methyl sites for hydroxylation is 2. The molecule has 3 aromatic carbocycles. The van der Waals surface area contributed by atoms with Crippen molar-refractivity contribution in [3.63, 3.8) is 0 Å². The highest BCUT2D eigenvalue weighted by atomic mass is 35.5. The minimum Gasteiger partial charge on any atom is -0.450 e. The Hall–Kier alpha value is -8.78. The van der Waals surface area contributed by atoms with Gasteiger partial charge >= 0.3 is 17.1 Å². The molecule has 0 spiro atoms. The first-order valence-electron chi connectivity index (χ1n) is 22.0. The largest absolute Gasteiger partial charge is 0.450 e. The minimum absolute atomic E-state index is 0.00734. The van der Waals surface area contributed by atoms with Crippen LogP contribution >= 0.6 is 34.8 Å². The van der Waals surface area contributed by atoms with E-state index in [1.165, 1.54) is 18.3 Å². The van der Waals surface area contributed by atoms with Crippen molar-refractivity contribution in [2.45, 2.75) is 20.0 Å². The summed E-state index contributed by atoms with van der Waals surface area (Å²) in [5, 5.41) is 12.2. The van der Waals surface area contributed by atoms with Crippen molar-refractivity contribution in [1.29, 1.82) is 0 Å². The molecule has 12 aromatic rings. The maximum absolute atomic E-state index is 14.4. The van der Waals surface area contributed by atoms with E-state index in [0.717, 1.165) is 5.56 Å². The summed E-state index contributed by atoms with van der Waals surface area (Å²) in [5.74, 6) is 0.989. The normalized spacial score (nSPS) is 11.8. The molecule has 0 unspecified atom stereocenters. The summed E-state index contributed by atoms with van der Waals surface area (Å²) in [7, 11) is 3.16. The first-order chi connectivity index (χ1) is 34.8. The molecule has 0 fully saturated rings. The van der Waals surface area contributed by atoms with Gasteiger partial charge in [-0.3, -0.25) is 9.36 Å². The molecule has 0 radical (unpaired) electrons. The van der Waals surface area contributed by atoms with Gasteiger partial charge in [0, 0.05) is 64.3 Å². The Morgan fingerprint density at radius 1 is 0.569 bits per heavy atom. The second-order valence-corrected chi connectivity index (χ2v) is 18.1. The lowest BCUT2D eigenvalue weighted by molar-refractivity contribution is 0.663. The number of nitrogens with one attached hydrogen (secondary N) is 3. The molecule has 0 atom stereocenters. The highest BCUT2D eigenvalue weighted by molar-refractivity contribution is 6.32. The fourth-order valence-corrected chi connectivity index (χ4v) is 9.48. The number of pyridine rings is 3. The van der Waals surface area contributed by atoms with Crippen LogP contribution in [0.15, 0.2) is 136 Å². The number of nitrogens with zero attached hydrogens (tertiary/aromatic N) is 9. The summed E-state index contributed by atoms with van der Waals surface area (Å²) in [5.41, 5.74) is 2.43. The number of hydrogen-bond donors (Lipinski definition) is 3. The van der Waals surface area contributed by atoms with E-state index >= 15 is 0 Å². The lowest BCUT2D eigenvalue weighted by Crippen LogP contribution is -2.31. The SMILES string of the molecule is CNc1nc(=O)n(-c2cc(CNc3nc(=O)n(-c4cccc(CNc5nc(=O)n(-c6cc(C)ccn6)c6c5oc5ccc(Cl)cc56)n4)c4c3oc3ccc(Cl)cc34)cn(C)c2=O)c2c1oc1ccc(Cl)cc12. The van der Waals surface area contributed by atoms with Gasteiger partial charge in [-0.15, -0.1) is 0 Å². The number of furan rings is 3. The van der Waals surface area contributed by atoms with E-state index in [-0.39, 0.29) is 58.8 Å². The standard InChI is InChI=1S/C50H33Cl3N12O7/c1-23-13-14-55-37(15-23)65-40-31-19-27(53)9-12-35(31)72-43(40)46(61-50(65)69)57-21-28-5-4-6-36(58-28)64-39-30-18-26(52)8-11-34(30)71-42(39)45(60-49(64)68)56-20-24-16-32(47(66)62(3)22-24)63-38-29-17-25(51)7-10-33(29)70-41(38)44(54-2)59-48(63)67/h4-19,22H,20-21H2,1-3H3,(H,54,59,67)(H,56,60,68)(H,57,61,69). The van der Waals surface area contributed by atoms with Crippen LogP contribution in [0.4, 0.5) is 17.5 Å². The predicted molar refractivity (Wildman–Crippen MR) is 276 cm³/mol. The van der Waals surface area contributed by atoms with Crippen LogP contribution in [0.5, 0.6) is 0 Å². The van der Waals surface area contributed by atoms with Crippen LogP contribution in [0, 0.1) is 6.92 Å². The molecule has 356 valence electrons. The second-order valence-electron chi connectivity index (χ2n) is 16.8. The molecule has 3 N–H and O–H groups in total. The molecule has 0 saturated heterocycles. The number of hydrogen-bond acceptors (Lipinski definition) is 15. The summed E-state index contributed by atoms with van der Waals surface area (Å²) in [6, 6.07) is 25.4. The number of rotatable bonds is 10. The summed E-state index contributed by atoms with van der Waals surface area (Å²) in [4.78, 5) is 78.2. The molecule has 9 heterocycles. The Bertz CT molecular complexity index is 4530. The third kappa shape index (κ3) is 7.31. The summed E-state index contributed by atoms with van der Waals surface area (Å²) >= 11 is 19.4. The van der Waals surface area contributed by atoms with Crippen molar-refractivity contribution in [2.24, 2.45) is 7.05 Å². The molecule has 0 aliphatic rings. The van der Waals surface area contributed by atoms with Gasteiger partial charge in [0.05, 0.1) is 12.2 Å². The maximum atomic E-state index is 14.4. The van der Waals surface area contributed by atoms with Crippen LogP contribution in [0.2, 0.25) is 15.1 Å². The van der Waals surface area contributed by atoms with E-state index in [1.807, 2.05) is 13.0 Å². The van der Waals surface area contributed by atoms with Gasteiger partial charge in [0.25, 0.3) is 5.56 Å². The number of halogens is 3. The summed E-state index contributed by atoms with van der Waals surface area (Å²) in [6.45, 7) is 1.95. The summed E-state index contributed by atoms with van der Waals surface area (Å²) in [6.07, 6.45) is 3.21. The highest BCUT2D eigenvalue weighted by Crippen LogP contribution is 2.37. The van der Waals surface area contributed by atoms with E-state index < -0.39 is 22.6 Å². The van der Waals surface area contributed by atoms with Crippen LogP contribution in [0.3, 0.4) is 0 Å². The number of anilines is 3. The molecular formula is C50H33Cl3N12O7. The zero-order valence-corrected chi connectivity index (χ0v) is 40.0. The first-order valence-corrected chi connectivity index (χ1v) is 23.1. The molecule has 0 bridgehead atoms. The van der Waals surface area contributed by atoms with Crippen molar-refractivity contribution in [3.8, 4) is 17.3 Å². The summed E-state index contributed by atoms with van der Waals surface area (Å²) < 4.78 is 24.1. The van der Waals surface area contributed by atoms with Gasteiger partial charge < -0.3 is 33.8 Å². The van der Waals surface area contributed by atoms with Gasteiger partial charge in [-0.1, -0.05) is 40.9 Å². The fourth-order valence-electron chi connectivity index (χ4n) is 8.96. The topological polar surface area (TPSA) is 228 Å². The smallest absolute Gasteiger partial charge is 0.356 e. The Morgan fingerprint density at radius 3 is 1.65 bits per heavy atom. The van der Waals surface area contributed by atoms with Gasteiger partial charge in [-0.25, -0.2) is 33.5 Å². The quantitative estimate of drug-likeness (QED) is 0.116. The van der Waals surface area contributed by atoms with Gasteiger partial charge in [-0.2, -0.15) is 15.0 Å². The average Bonchev–Trinajstić information content (AvgIpc) is 4.05. The van der Waals surface area contributed by atoms with Gasteiger partial charge in [-0.05, 0) is 103 Å². The van der Waals surface area contributed by atoms with Crippen LogP contribution in [0.25, 0.3) is 83.5 Å². The highest BCUT2D eigenvalue weighted by Gasteiger charge is 2.25. The average molecular weight is 1020 g/mol. The van der Waals surface area contributed by atoms with Crippen molar-refractivity contribution >= 4 is 118 Å². The van der Waals surface area contributed by atoms with E-state index in [4.69, 9.17) is 53.0 Å². The molecule has 9 aromatic heterocycles. The second kappa shape index (κ2) is 17.0. The monoisotopic (exact) mass is 1020 g/mol. The molecule has 72 heavy (non-hydrogen) atoms. The maximum Gasteiger partial charge on any atom is 0.356 e. The van der Waals surface area contributed by atoms with Crippen LogP contribution in [-0.4, -0.2) is 50.2 Å². The Labute approximate surface area is 417 Å². The number of fused-ring (bicyclic) bond motifs is 9. The molecule has 0 aliphatic carbocycles. The number of aromatic nitrogens is 9. The molecule has 0 amide bonds. The third-order valence-corrected chi connectivity index (χ3v) is 12.8. The van der Waals surface area contributed by atoms with Crippen molar-refractivity contribution in [1.82, 2.24) is 43.2 Å². The lowest BCUT2D eigenvalue weighted by Gasteiger charge is -2.14. The van der Waals surface area contributed by atoms with Crippen LogP contribution in [-0.2, 0) is 20.1 Å². The van der Waals surface area contributed by atoms with E-state index in [9.17, 15) is 19.2 Å². The van der Waals surface area contributed by atoms with E-state index in [2.05, 4.69) is 35.9 Å². The molecule has 0 aliphatic heterocycles.